The first-order valence-corrected chi connectivity index (χ1v) is 4.69. The number of ether oxygens (including phenoxy) is 1. The zero-order chi connectivity index (χ0) is 9.97. The van der Waals surface area contributed by atoms with E-state index >= 15 is 0 Å². The van der Waals surface area contributed by atoms with Crippen LogP contribution in [0.3, 0.4) is 0 Å². The van der Waals surface area contributed by atoms with Gasteiger partial charge in [-0.3, -0.25) is 0 Å². The zero-order valence-corrected chi connectivity index (χ0v) is 8.07. The summed E-state index contributed by atoms with van der Waals surface area (Å²) in [5, 5.41) is 0. The molecule has 1 aromatic carbocycles. The third kappa shape index (κ3) is 1.84. The predicted molar refractivity (Wildman–Crippen MR) is 53.8 cm³/mol. The highest BCUT2D eigenvalue weighted by Gasteiger charge is 2.17. The van der Waals surface area contributed by atoms with Crippen molar-refractivity contribution in [3.05, 3.63) is 47.5 Å². The first-order valence-electron chi connectivity index (χ1n) is 4.69. The quantitative estimate of drug-likeness (QED) is 0.633. The molecule has 0 amide bonds. The van der Waals surface area contributed by atoms with E-state index in [0.717, 1.165) is 12.0 Å². The van der Waals surface area contributed by atoms with Gasteiger partial charge < -0.3 is 4.74 Å². The Bertz CT molecular complexity index is 380. The average molecular weight is 188 g/mol. The lowest BCUT2D eigenvalue weighted by molar-refractivity contribution is -0.144. The summed E-state index contributed by atoms with van der Waals surface area (Å²) in [5.41, 5.74) is 2.26. The largest absolute Gasteiger partial charge is 0.454 e. The lowest BCUT2D eigenvalue weighted by atomic mass is 10.0. The minimum Gasteiger partial charge on any atom is -0.454 e. The Morgan fingerprint density at radius 2 is 2.29 bits per heavy atom. The molecule has 0 unspecified atom stereocenters. The molecule has 0 radical (unpaired) electrons. The third-order valence-electron chi connectivity index (χ3n) is 2.28. The first kappa shape index (κ1) is 9.00. The Morgan fingerprint density at radius 3 is 3.00 bits per heavy atom. The molecular weight excluding hydrogens is 176 g/mol. The number of cyclic esters (lactones) is 1. The van der Waals surface area contributed by atoms with Gasteiger partial charge in [0.25, 0.3) is 0 Å². The normalized spacial score (nSPS) is 20.6. The average Bonchev–Trinajstić information content (AvgIpc) is 2.18. The maximum atomic E-state index is 11.0. The van der Waals surface area contributed by atoms with Crippen LogP contribution in [-0.4, -0.2) is 5.97 Å². The molecule has 72 valence electrons. The number of carbonyl (C=O) groups excluding carboxylic acids is 1. The van der Waals surface area contributed by atoms with Gasteiger partial charge in [-0.2, -0.15) is 0 Å². The SMILES string of the molecule is Cc1cccc([C@H]2CC=CC(=O)O2)c1. The van der Waals surface area contributed by atoms with Crippen molar-refractivity contribution in [2.45, 2.75) is 19.4 Å². The smallest absolute Gasteiger partial charge is 0.331 e. The minimum atomic E-state index is -0.247. The van der Waals surface area contributed by atoms with Crippen molar-refractivity contribution < 1.29 is 9.53 Å². The summed E-state index contributed by atoms with van der Waals surface area (Å²) in [7, 11) is 0. The van der Waals surface area contributed by atoms with Gasteiger partial charge in [0, 0.05) is 12.5 Å². The maximum absolute atomic E-state index is 11.0. The van der Waals surface area contributed by atoms with Crippen molar-refractivity contribution >= 4 is 5.97 Å². The number of carbonyl (C=O) groups is 1. The van der Waals surface area contributed by atoms with E-state index in [0.29, 0.717) is 0 Å². The van der Waals surface area contributed by atoms with Crippen molar-refractivity contribution in [1.82, 2.24) is 0 Å². The standard InChI is InChI=1S/C12H12O2/c1-9-4-2-5-10(8-9)11-6-3-7-12(13)14-11/h2-5,7-8,11H,6H2,1H3/t11-/m1/s1. The highest BCUT2D eigenvalue weighted by molar-refractivity contribution is 5.82. The predicted octanol–water partition coefficient (Wildman–Crippen LogP) is 2.54. The second-order valence-corrected chi connectivity index (χ2v) is 3.48. The summed E-state index contributed by atoms with van der Waals surface area (Å²) in [5.74, 6) is -0.247. The van der Waals surface area contributed by atoms with Crippen LogP contribution in [0.1, 0.15) is 23.7 Å². The number of esters is 1. The number of aryl methyl sites for hydroxylation is 1. The Hall–Kier alpha value is -1.57. The second-order valence-electron chi connectivity index (χ2n) is 3.48. The number of hydrogen-bond donors (Lipinski definition) is 0. The van der Waals surface area contributed by atoms with Crippen LogP contribution in [0.5, 0.6) is 0 Å². The van der Waals surface area contributed by atoms with Crippen LogP contribution in [0.25, 0.3) is 0 Å². The van der Waals surface area contributed by atoms with Crippen molar-refractivity contribution in [1.29, 1.82) is 0 Å². The van der Waals surface area contributed by atoms with Gasteiger partial charge in [-0.1, -0.05) is 35.9 Å². The van der Waals surface area contributed by atoms with Crippen LogP contribution in [0.15, 0.2) is 36.4 Å². The van der Waals surface area contributed by atoms with Gasteiger partial charge in [0.1, 0.15) is 6.10 Å². The van der Waals surface area contributed by atoms with E-state index in [1.807, 2.05) is 31.2 Å². The van der Waals surface area contributed by atoms with Crippen molar-refractivity contribution in [3.63, 3.8) is 0 Å². The molecule has 2 nitrogen and oxygen atoms in total. The van der Waals surface area contributed by atoms with Crippen LogP contribution >= 0.6 is 0 Å². The van der Waals surface area contributed by atoms with E-state index in [1.165, 1.54) is 11.6 Å². The molecule has 0 fully saturated rings. The zero-order valence-electron chi connectivity index (χ0n) is 8.07. The molecule has 0 saturated carbocycles. The summed E-state index contributed by atoms with van der Waals surface area (Å²) in [6.07, 6.45) is 4.01. The van der Waals surface area contributed by atoms with Gasteiger partial charge in [-0.05, 0) is 12.5 Å². The van der Waals surface area contributed by atoms with E-state index in [4.69, 9.17) is 4.74 Å². The fourth-order valence-electron chi connectivity index (χ4n) is 1.59. The van der Waals surface area contributed by atoms with Gasteiger partial charge in [0.2, 0.25) is 0 Å². The van der Waals surface area contributed by atoms with E-state index in [9.17, 15) is 4.79 Å². The molecule has 14 heavy (non-hydrogen) atoms. The fourth-order valence-corrected chi connectivity index (χ4v) is 1.59. The first-order chi connectivity index (χ1) is 6.75. The fraction of sp³-hybridized carbons (Fsp3) is 0.250. The summed E-state index contributed by atoms with van der Waals surface area (Å²) in [6.45, 7) is 2.03. The van der Waals surface area contributed by atoms with E-state index < -0.39 is 0 Å². The highest BCUT2D eigenvalue weighted by atomic mass is 16.5. The molecule has 0 aromatic heterocycles. The molecule has 2 rings (SSSR count). The second kappa shape index (κ2) is 3.66. The molecule has 0 N–H and O–H groups in total. The molecule has 0 saturated heterocycles. The summed E-state index contributed by atoms with van der Waals surface area (Å²) >= 11 is 0. The van der Waals surface area contributed by atoms with E-state index in [-0.39, 0.29) is 12.1 Å². The van der Waals surface area contributed by atoms with E-state index in [1.54, 1.807) is 0 Å². The molecule has 1 aromatic rings. The van der Waals surface area contributed by atoms with E-state index in [2.05, 4.69) is 6.07 Å². The molecular formula is C12H12O2. The van der Waals surface area contributed by atoms with Crippen molar-refractivity contribution in [2.24, 2.45) is 0 Å². The van der Waals surface area contributed by atoms with Crippen LogP contribution in [0.2, 0.25) is 0 Å². The third-order valence-corrected chi connectivity index (χ3v) is 2.28. The number of hydrogen-bond acceptors (Lipinski definition) is 2. The number of rotatable bonds is 1. The van der Waals surface area contributed by atoms with Gasteiger partial charge in [0.15, 0.2) is 0 Å². The maximum Gasteiger partial charge on any atom is 0.331 e. The lowest BCUT2D eigenvalue weighted by Gasteiger charge is -2.19. The Kier molecular flexibility index (Phi) is 2.35. The molecule has 1 heterocycles. The van der Waals surface area contributed by atoms with Gasteiger partial charge in [-0.15, -0.1) is 0 Å². The topological polar surface area (TPSA) is 26.3 Å². The lowest BCUT2D eigenvalue weighted by Crippen LogP contribution is -2.12. The summed E-state index contributed by atoms with van der Waals surface area (Å²) in [6, 6.07) is 8.06. The molecule has 1 atom stereocenters. The Labute approximate surface area is 83.2 Å². The van der Waals surface area contributed by atoms with Crippen LogP contribution in [0, 0.1) is 6.92 Å². The Balaban J connectivity index is 2.23. The Morgan fingerprint density at radius 1 is 1.43 bits per heavy atom. The molecule has 0 spiro atoms. The molecule has 0 bridgehead atoms. The van der Waals surface area contributed by atoms with Gasteiger partial charge >= 0.3 is 5.97 Å². The minimum absolute atomic E-state index is 0.104. The van der Waals surface area contributed by atoms with Crippen molar-refractivity contribution in [2.75, 3.05) is 0 Å². The van der Waals surface area contributed by atoms with Crippen LogP contribution < -0.4 is 0 Å². The van der Waals surface area contributed by atoms with Crippen LogP contribution in [0.4, 0.5) is 0 Å². The molecule has 1 aliphatic heterocycles. The molecule has 0 aliphatic carbocycles. The van der Waals surface area contributed by atoms with Crippen LogP contribution in [-0.2, 0) is 9.53 Å². The summed E-state index contributed by atoms with van der Waals surface area (Å²) < 4.78 is 5.20. The highest BCUT2D eigenvalue weighted by Crippen LogP contribution is 2.25. The monoisotopic (exact) mass is 188 g/mol. The molecule has 2 heteroatoms. The van der Waals surface area contributed by atoms with Gasteiger partial charge in [0.05, 0.1) is 0 Å². The van der Waals surface area contributed by atoms with Gasteiger partial charge in [-0.25, -0.2) is 4.79 Å². The van der Waals surface area contributed by atoms with Crippen molar-refractivity contribution in [3.8, 4) is 0 Å². The summed E-state index contributed by atoms with van der Waals surface area (Å²) in [4.78, 5) is 11.0. The molecule has 1 aliphatic rings. The number of benzene rings is 1.